The van der Waals surface area contributed by atoms with Gasteiger partial charge in [-0.1, -0.05) is 0 Å². The van der Waals surface area contributed by atoms with Gasteiger partial charge in [-0.3, -0.25) is 19.5 Å². The lowest BCUT2D eigenvalue weighted by Gasteiger charge is -2.33. The third kappa shape index (κ3) is 3.82. The Kier molecular flexibility index (Phi) is 5.21. The Morgan fingerprint density at radius 1 is 1.00 bits per heavy atom. The van der Waals surface area contributed by atoms with E-state index in [0.717, 1.165) is 23.4 Å². The zero-order chi connectivity index (χ0) is 19.6. The van der Waals surface area contributed by atoms with Crippen molar-refractivity contribution >= 4 is 10.0 Å². The van der Waals surface area contributed by atoms with Crippen molar-refractivity contribution in [2.75, 3.05) is 26.2 Å². The average Bonchev–Trinajstić information content (AvgIpc) is 3.10. The van der Waals surface area contributed by atoms with Crippen LogP contribution in [0.5, 0.6) is 0 Å². The van der Waals surface area contributed by atoms with Crippen molar-refractivity contribution in [1.82, 2.24) is 29.0 Å². The molecule has 8 nitrogen and oxygen atoms in total. The highest BCUT2D eigenvalue weighted by atomic mass is 32.2. The predicted octanol–water partition coefficient (Wildman–Crippen LogP) is 1.38. The van der Waals surface area contributed by atoms with Crippen molar-refractivity contribution in [3.05, 3.63) is 60.8 Å². The van der Waals surface area contributed by atoms with Crippen molar-refractivity contribution in [3.8, 4) is 11.3 Å². The lowest BCUT2D eigenvalue weighted by atomic mass is 10.1. The summed E-state index contributed by atoms with van der Waals surface area (Å²) in [7, 11) is -1.58. The molecule has 28 heavy (non-hydrogen) atoms. The molecular formula is C19H22N6O2S. The number of pyridine rings is 2. The predicted molar refractivity (Wildman–Crippen MR) is 105 cm³/mol. The highest BCUT2D eigenvalue weighted by Gasteiger charge is 2.29. The second-order valence-electron chi connectivity index (χ2n) is 6.78. The van der Waals surface area contributed by atoms with Gasteiger partial charge in [0, 0.05) is 81.9 Å². The largest absolute Gasteiger partial charge is 0.296 e. The molecular weight excluding hydrogens is 376 g/mol. The molecule has 1 saturated heterocycles. The molecule has 1 aliphatic rings. The Morgan fingerprint density at radius 2 is 1.75 bits per heavy atom. The van der Waals surface area contributed by atoms with Crippen LogP contribution in [0.1, 0.15) is 5.56 Å². The van der Waals surface area contributed by atoms with E-state index in [-0.39, 0.29) is 4.90 Å². The molecule has 1 fully saturated rings. The van der Waals surface area contributed by atoms with Gasteiger partial charge in [0.15, 0.2) is 0 Å². The number of aryl methyl sites for hydroxylation is 1. The van der Waals surface area contributed by atoms with Crippen LogP contribution < -0.4 is 0 Å². The number of sulfonamides is 1. The van der Waals surface area contributed by atoms with Gasteiger partial charge in [0.05, 0.1) is 5.69 Å². The number of nitrogens with zero attached hydrogens (tertiary/aromatic N) is 6. The maximum Gasteiger partial charge on any atom is 0.244 e. The maximum absolute atomic E-state index is 12.7. The lowest BCUT2D eigenvalue weighted by Crippen LogP contribution is -2.48. The molecule has 0 unspecified atom stereocenters. The smallest absolute Gasteiger partial charge is 0.244 e. The normalized spacial score (nSPS) is 16.3. The fourth-order valence-corrected chi connectivity index (χ4v) is 4.81. The Bertz CT molecular complexity index is 1030. The van der Waals surface area contributed by atoms with Crippen LogP contribution in [0.4, 0.5) is 0 Å². The van der Waals surface area contributed by atoms with Crippen LogP contribution in [0.3, 0.4) is 0 Å². The molecule has 3 aromatic rings. The fraction of sp³-hybridized carbons (Fsp3) is 0.316. The molecule has 1 aliphatic heterocycles. The molecule has 146 valence electrons. The van der Waals surface area contributed by atoms with Crippen molar-refractivity contribution in [2.45, 2.75) is 11.4 Å². The minimum Gasteiger partial charge on any atom is -0.296 e. The standard InChI is InChI=1S/C19H22N6O2S/c1-23-14-17(19(22-23)16-4-7-20-8-5-16)15-24-9-11-25(12-10-24)28(26,27)18-3-2-6-21-13-18/h2-8,13-14H,9-12,15H2,1H3. The fourth-order valence-electron chi connectivity index (χ4n) is 3.42. The summed E-state index contributed by atoms with van der Waals surface area (Å²) in [6.45, 7) is 2.99. The van der Waals surface area contributed by atoms with Gasteiger partial charge >= 0.3 is 0 Å². The molecule has 0 aliphatic carbocycles. The number of piperazine rings is 1. The van der Waals surface area contributed by atoms with E-state index in [1.165, 1.54) is 10.5 Å². The van der Waals surface area contributed by atoms with Crippen molar-refractivity contribution in [2.24, 2.45) is 7.05 Å². The van der Waals surface area contributed by atoms with E-state index in [0.29, 0.717) is 26.2 Å². The monoisotopic (exact) mass is 398 g/mol. The second-order valence-corrected chi connectivity index (χ2v) is 8.72. The first-order valence-electron chi connectivity index (χ1n) is 9.09. The Labute approximate surface area is 164 Å². The quantitative estimate of drug-likeness (QED) is 0.646. The van der Waals surface area contributed by atoms with E-state index in [2.05, 4.69) is 20.0 Å². The summed E-state index contributed by atoms with van der Waals surface area (Å²) in [6.07, 6.45) is 8.52. The number of rotatable bonds is 5. The van der Waals surface area contributed by atoms with Crippen LogP contribution >= 0.6 is 0 Å². The lowest BCUT2D eigenvalue weighted by molar-refractivity contribution is 0.181. The summed E-state index contributed by atoms with van der Waals surface area (Å²) in [4.78, 5) is 10.5. The van der Waals surface area contributed by atoms with Gasteiger partial charge in [-0.25, -0.2) is 8.42 Å². The van der Waals surface area contributed by atoms with Gasteiger partial charge in [-0.15, -0.1) is 0 Å². The van der Waals surface area contributed by atoms with Gasteiger partial charge in [0.1, 0.15) is 4.90 Å². The summed E-state index contributed by atoms with van der Waals surface area (Å²) >= 11 is 0. The van der Waals surface area contributed by atoms with Crippen molar-refractivity contribution < 1.29 is 8.42 Å². The molecule has 0 bridgehead atoms. The van der Waals surface area contributed by atoms with Crippen LogP contribution in [0, 0.1) is 0 Å². The summed E-state index contributed by atoms with van der Waals surface area (Å²) in [5.41, 5.74) is 3.09. The maximum atomic E-state index is 12.7. The number of aromatic nitrogens is 4. The van der Waals surface area contributed by atoms with E-state index in [9.17, 15) is 8.42 Å². The molecule has 4 rings (SSSR count). The third-order valence-electron chi connectivity index (χ3n) is 4.86. The SMILES string of the molecule is Cn1cc(CN2CCN(S(=O)(=O)c3cccnc3)CC2)c(-c2ccncc2)n1. The zero-order valence-corrected chi connectivity index (χ0v) is 16.5. The van der Waals surface area contributed by atoms with Gasteiger partial charge < -0.3 is 0 Å². The Morgan fingerprint density at radius 3 is 2.43 bits per heavy atom. The van der Waals surface area contributed by atoms with Crippen molar-refractivity contribution in [1.29, 1.82) is 0 Å². The van der Waals surface area contributed by atoms with E-state index in [1.807, 2.05) is 30.1 Å². The summed E-state index contributed by atoms with van der Waals surface area (Å²) in [5, 5.41) is 4.59. The Balaban J connectivity index is 1.45. The van der Waals surface area contributed by atoms with Gasteiger partial charge in [-0.2, -0.15) is 9.40 Å². The van der Waals surface area contributed by atoms with Crippen LogP contribution in [-0.2, 0) is 23.6 Å². The number of hydrogen-bond donors (Lipinski definition) is 0. The van der Waals surface area contributed by atoms with Crippen LogP contribution in [0.2, 0.25) is 0 Å². The highest BCUT2D eigenvalue weighted by molar-refractivity contribution is 7.89. The van der Waals surface area contributed by atoms with Crippen LogP contribution in [0.15, 0.2) is 60.1 Å². The van der Waals surface area contributed by atoms with Crippen molar-refractivity contribution in [3.63, 3.8) is 0 Å². The topological polar surface area (TPSA) is 84.2 Å². The first kappa shape index (κ1) is 18.7. The molecule has 0 aromatic carbocycles. The molecule has 9 heteroatoms. The molecule has 0 saturated carbocycles. The van der Waals surface area contributed by atoms with Gasteiger partial charge in [-0.05, 0) is 24.3 Å². The average molecular weight is 398 g/mol. The third-order valence-corrected chi connectivity index (χ3v) is 6.74. The minimum atomic E-state index is -3.48. The minimum absolute atomic E-state index is 0.246. The zero-order valence-electron chi connectivity index (χ0n) is 15.6. The van der Waals surface area contributed by atoms with E-state index < -0.39 is 10.0 Å². The van der Waals surface area contributed by atoms with Gasteiger partial charge in [0.2, 0.25) is 10.0 Å². The van der Waals surface area contributed by atoms with Gasteiger partial charge in [0.25, 0.3) is 0 Å². The summed E-state index contributed by atoms with van der Waals surface area (Å²) in [5.74, 6) is 0. The van der Waals surface area contributed by atoms with Crippen LogP contribution in [0.25, 0.3) is 11.3 Å². The first-order valence-corrected chi connectivity index (χ1v) is 10.5. The first-order chi connectivity index (χ1) is 13.5. The van der Waals surface area contributed by atoms with E-state index in [4.69, 9.17) is 0 Å². The Hall–Kier alpha value is -2.62. The number of hydrogen-bond acceptors (Lipinski definition) is 6. The highest BCUT2D eigenvalue weighted by Crippen LogP contribution is 2.23. The summed E-state index contributed by atoms with van der Waals surface area (Å²) in [6, 6.07) is 7.13. The van der Waals surface area contributed by atoms with E-state index in [1.54, 1.807) is 30.7 Å². The molecule has 0 radical (unpaired) electrons. The molecule has 0 atom stereocenters. The van der Waals surface area contributed by atoms with E-state index >= 15 is 0 Å². The molecule has 4 heterocycles. The summed E-state index contributed by atoms with van der Waals surface area (Å²) < 4.78 is 28.8. The molecule has 0 N–H and O–H groups in total. The second kappa shape index (κ2) is 7.78. The molecule has 0 spiro atoms. The molecule has 3 aromatic heterocycles. The van der Waals surface area contributed by atoms with Crippen LogP contribution in [-0.4, -0.2) is 63.6 Å². The molecule has 0 amide bonds.